The van der Waals surface area contributed by atoms with Crippen molar-refractivity contribution in [1.29, 1.82) is 0 Å². The zero-order valence-corrected chi connectivity index (χ0v) is 22.5. The molecule has 0 spiro atoms. The fraction of sp³-hybridized carbons (Fsp3) is 0.276. The Morgan fingerprint density at radius 1 is 1.10 bits per heavy atom. The molecule has 0 bridgehead atoms. The van der Waals surface area contributed by atoms with Crippen LogP contribution in [-0.4, -0.2) is 48.5 Å². The molecule has 4 rings (SSSR count). The quantitative estimate of drug-likeness (QED) is 0.321. The molecular formula is C29H32BFN2O6. The number of allylic oxidation sites excluding steroid dienone is 2. The van der Waals surface area contributed by atoms with E-state index in [-0.39, 0.29) is 31.1 Å². The van der Waals surface area contributed by atoms with Crippen molar-refractivity contribution in [2.75, 3.05) is 20.8 Å². The average Bonchev–Trinajstić information content (AvgIpc) is 3.43. The number of ether oxygens (including phenoxy) is 3. The monoisotopic (exact) mass is 534 g/mol. The topological polar surface area (TPSA) is 102 Å². The number of fused-ring (bicyclic) bond motifs is 1. The van der Waals surface area contributed by atoms with Crippen molar-refractivity contribution < 1.29 is 33.4 Å². The van der Waals surface area contributed by atoms with Crippen molar-refractivity contribution in [3.63, 3.8) is 0 Å². The Morgan fingerprint density at radius 2 is 1.82 bits per heavy atom. The van der Waals surface area contributed by atoms with Crippen LogP contribution in [0, 0.1) is 5.82 Å². The molecule has 0 saturated carbocycles. The molecular weight excluding hydrogens is 502 g/mol. The standard InChI is InChI=1S/C29H32BFN2O6/c1-18-23(12-19-13-26(37-3)29(27(14-19)38-4)39-11-9-30(35)36)22-8-7-20(31)15-25(22)24(18)16-28(34)32-17-21-6-5-10-33(21)2/h5-8,10,12-15,35-36H,9,11,16-17H2,1-4H3,(H,32,34). The maximum atomic E-state index is 14.3. The van der Waals surface area contributed by atoms with Gasteiger partial charge in [-0.2, -0.15) is 0 Å². The van der Waals surface area contributed by atoms with Gasteiger partial charge in [-0.1, -0.05) is 6.07 Å². The minimum atomic E-state index is -1.48. The van der Waals surface area contributed by atoms with Crippen LogP contribution in [-0.2, 0) is 18.4 Å². The summed E-state index contributed by atoms with van der Waals surface area (Å²) in [5.41, 5.74) is 5.74. The van der Waals surface area contributed by atoms with Gasteiger partial charge < -0.3 is 34.1 Å². The lowest BCUT2D eigenvalue weighted by Gasteiger charge is -2.16. The van der Waals surface area contributed by atoms with Crippen molar-refractivity contribution in [2.45, 2.75) is 26.2 Å². The smallest absolute Gasteiger partial charge is 0.454 e. The van der Waals surface area contributed by atoms with Crippen LogP contribution < -0.4 is 19.5 Å². The first kappa shape index (κ1) is 28.0. The second-order valence-electron chi connectivity index (χ2n) is 9.29. The first-order chi connectivity index (χ1) is 18.7. The van der Waals surface area contributed by atoms with E-state index in [1.807, 2.05) is 42.9 Å². The number of aromatic nitrogens is 1. The van der Waals surface area contributed by atoms with Crippen molar-refractivity contribution >= 4 is 30.2 Å². The lowest BCUT2D eigenvalue weighted by Crippen LogP contribution is -2.23. The van der Waals surface area contributed by atoms with Gasteiger partial charge in [-0.05, 0) is 82.8 Å². The van der Waals surface area contributed by atoms with Crippen LogP contribution in [0.5, 0.6) is 17.2 Å². The molecule has 3 aromatic rings. The molecule has 10 heteroatoms. The summed E-state index contributed by atoms with van der Waals surface area (Å²) in [5, 5.41) is 21.2. The third-order valence-corrected chi connectivity index (χ3v) is 6.73. The van der Waals surface area contributed by atoms with E-state index >= 15 is 0 Å². The zero-order chi connectivity index (χ0) is 28.1. The molecule has 1 aromatic heterocycles. The number of aryl methyl sites for hydroxylation is 1. The minimum Gasteiger partial charge on any atom is -0.493 e. The number of hydrogen-bond donors (Lipinski definition) is 3. The van der Waals surface area contributed by atoms with E-state index in [4.69, 9.17) is 24.3 Å². The Bertz CT molecular complexity index is 1400. The number of carbonyl (C=O) groups excluding carboxylic acids is 1. The summed E-state index contributed by atoms with van der Waals surface area (Å²) < 4.78 is 33.0. The molecule has 0 saturated heterocycles. The SMILES string of the molecule is COc1cc(C=C2C(C)=C(CC(=O)NCc3cccn3C)c3cc(F)ccc32)cc(OC)c1OCCB(O)O. The number of amides is 1. The summed E-state index contributed by atoms with van der Waals surface area (Å²) >= 11 is 0. The molecule has 204 valence electrons. The fourth-order valence-electron chi connectivity index (χ4n) is 4.63. The Labute approximate surface area is 227 Å². The van der Waals surface area contributed by atoms with Crippen LogP contribution in [0.4, 0.5) is 4.39 Å². The van der Waals surface area contributed by atoms with E-state index in [2.05, 4.69) is 5.32 Å². The van der Waals surface area contributed by atoms with E-state index in [9.17, 15) is 9.18 Å². The van der Waals surface area contributed by atoms with E-state index < -0.39 is 7.12 Å². The third-order valence-electron chi connectivity index (χ3n) is 6.73. The molecule has 0 fully saturated rings. The summed E-state index contributed by atoms with van der Waals surface area (Å²) in [6.07, 6.45) is 3.99. The first-order valence-electron chi connectivity index (χ1n) is 12.6. The Balaban J connectivity index is 1.66. The summed E-state index contributed by atoms with van der Waals surface area (Å²) in [6.45, 7) is 2.38. The van der Waals surface area contributed by atoms with Gasteiger partial charge in [-0.25, -0.2) is 4.39 Å². The lowest BCUT2D eigenvalue weighted by atomic mass is 9.87. The van der Waals surface area contributed by atoms with Crippen LogP contribution in [0.25, 0.3) is 17.2 Å². The van der Waals surface area contributed by atoms with Gasteiger partial charge in [0.1, 0.15) is 5.82 Å². The van der Waals surface area contributed by atoms with Crippen LogP contribution in [0.1, 0.15) is 35.7 Å². The zero-order valence-electron chi connectivity index (χ0n) is 22.5. The predicted octanol–water partition coefficient (Wildman–Crippen LogP) is 4.07. The number of hydrogen-bond acceptors (Lipinski definition) is 6. The lowest BCUT2D eigenvalue weighted by molar-refractivity contribution is -0.120. The van der Waals surface area contributed by atoms with Gasteiger partial charge in [0.2, 0.25) is 11.7 Å². The molecule has 39 heavy (non-hydrogen) atoms. The van der Waals surface area contributed by atoms with Crippen molar-refractivity contribution in [2.24, 2.45) is 7.05 Å². The van der Waals surface area contributed by atoms with E-state index in [1.165, 1.54) is 26.4 Å². The molecule has 0 radical (unpaired) electrons. The van der Waals surface area contributed by atoms with Gasteiger partial charge in [0.15, 0.2) is 11.5 Å². The molecule has 1 aliphatic carbocycles. The van der Waals surface area contributed by atoms with Gasteiger partial charge in [0.05, 0.1) is 33.8 Å². The van der Waals surface area contributed by atoms with Crippen molar-refractivity contribution in [3.8, 4) is 17.2 Å². The van der Waals surface area contributed by atoms with Crippen LogP contribution in [0.2, 0.25) is 6.32 Å². The van der Waals surface area contributed by atoms with Gasteiger partial charge >= 0.3 is 7.12 Å². The molecule has 1 heterocycles. The molecule has 0 unspecified atom stereocenters. The number of halogens is 1. The van der Waals surface area contributed by atoms with Crippen molar-refractivity contribution in [1.82, 2.24) is 9.88 Å². The highest BCUT2D eigenvalue weighted by atomic mass is 19.1. The number of carbonyl (C=O) groups is 1. The molecule has 0 aliphatic heterocycles. The predicted molar refractivity (Wildman–Crippen MR) is 149 cm³/mol. The maximum absolute atomic E-state index is 14.3. The maximum Gasteiger partial charge on any atom is 0.454 e. The Hall–Kier alpha value is -4.02. The average molecular weight is 534 g/mol. The second-order valence-corrected chi connectivity index (χ2v) is 9.29. The third kappa shape index (κ3) is 6.35. The van der Waals surface area contributed by atoms with Gasteiger partial charge in [0.25, 0.3) is 0 Å². The molecule has 1 aliphatic rings. The van der Waals surface area contributed by atoms with Crippen LogP contribution in [0.3, 0.4) is 0 Å². The molecule has 3 N–H and O–H groups in total. The highest BCUT2D eigenvalue weighted by Gasteiger charge is 2.26. The fourth-order valence-corrected chi connectivity index (χ4v) is 4.63. The van der Waals surface area contributed by atoms with Crippen LogP contribution >= 0.6 is 0 Å². The van der Waals surface area contributed by atoms with Crippen LogP contribution in [0.15, 0.2) is 54.2 Å². The Morgan fingerprint density at radius 3 is 2.44 bits per heavy atom. The molecule has 8 nitrogen and oxygen atoms in total. The summed E-state index contributed by atoms with van der Waals surface area (Å²) in [5.74, 6) is 0.641. The summed E-state index contributed by atoms with van der Waals surface area (Å²) in [7, 11) is 3.44. The largest absolute Gasteiger partial charge is 0.493 e. The number of rotatable bonds is 11. The van der Waals surface area contributed by atoms with Gasteiger partial charge in [-0.3, -0.25) is 4.79 Å². The molecule has 1 amide bonds. The number of nitrogens with one attached hydrogen (secondary N) is 1. The number of benzene rings is 2. The molecule has 0 atom stereocenters. The summed E-state index contributed by atoms with van der Waals surface area (Å²) in [6, 6.07) is 12.0. The van der Waals surface area contributed by atoms with E-state index in [0.717, 1.165) is 33.5 Å². The van der Waals surface area contributed by atoms with Gasteiger partial charge in [-0.15, -0.1) is 0 Å². The highest BCUT2D eigenvalue weighted by Crippen LogP contribution is 2.45. The van der Waals surface area contributed by atoms with Gasteiger partial charge in [0, 0.05) is 25.3 Å². The number of methoxy groups -OCH3 is 2. The van der Waals surface area contributed by atoms with Crippen molar-refractivity contribution in [3.05, 3.63) is 82.4 Å². The highest BCUT2D eigenvalue weighted by molar-refractivity contribution is 6.41. The summed E-state index contributed by atoms with van der Waals surface area (Å²) in [4.78, 5) is 12.9. The first-order valence-corrected chi connectivity index (χ1v) is 12.6. The second kappa shape index (κ2) is 12.2. The van der Waals surface area contributed by atoms with E-state index in [0.29, 0.717) is 29.4 Å². The number of nitrogens with zero attached hydrogens (tertiary/aromatic N) is 1. The minimum absolute atomic E-state index is 0.0248. The Kier molecular flexibility index (Phi) is 8.78. The van der Waals surface area contributed by atoms with E-state index in [1.54, 1.807) is 18.2 Å². The molecule has 2 aromatic carbocycles. The normalized spacial score (nSPS) is 13.5.